The van der Waals surface area contributed by atoms with Crippen LogP contribution in [0, 0.1) is 11.3 Å². The second-order valence-electron chi connectivity index (χ2n) is 10.3. The number of rotatable bonds is 11. The summed E-state index contributed by atoms with van der Waals surface area (Å²) in [4.78, 5) is 1.67. The molecular formula is C30H37N3O8S. The van der Waals surface area contributed by atoms with Gasteiger partial charge in [-0.3, -0.25) is 0 Å². The zero-order valence-corrected chi connectivity index (χ0v) is 24.6. The van der Waals surface area contributed by atoms with E-state index in [1.165, 1.54) is 12.6 Å². The first kappa shape index (κ1) is 31.7. The Morgan fingerprint density at radius 2 is 1.67 bits per heavy atom. The number of nitrogens with zero attached hydrogens (tertiary/aromatic N) is 2. The lowest BCUT2D eigenvalue weighted by atomic mass is 9.98. The van der Waals surface area contributed by atoms with E-state index in [1.54, 1.807) is 18.2 Å². The highest BCUT2D eigenvalue weighted by molar-refractivity contribution is 7.93. The molecule has 1 aliphatic heterocycles. The normalized spacial score (nSPS) is 23.4. The first-order chi connectivity index (χ1) is 20.0. The SMILES string of the molecule is CCCN(CCC)c1ccc2cc(-c3ccc(/C(C)=C(\C#N)S(=O)(=O)N[C@H]4C(O)O[C@H](CO)[C@@H](O)[C@@H]4O)o3)ccc2c1. The number of sulfonamides is 1. The van der Waals surface area contributed by atoms with Gasteiger partial charge in [-0.2, -0.15) is 9.98 Å². The van der Waals surface area contributed by atoms with E-state index in [1.807, 2.05) is 22.9 Å². The first-order valence-corrected chi connectivity index (χ1v) is 15.4. The maximum Gasteiger partial charge on any atom is 0.251 e. The third-order valence-corrected chi connectivity index (χ3v) is 8.86. The standard InChI is InChI=1S/C30H37N3O8S/c1-4-12-33(13-5-2)22-9-8-19-14-21(7-6-20(19)15-22)24-11-10-23(40-24)18(3)26(16-31)42(38,39)32-27-29(36)28(35)25(17-34)41-30(27)37/h6-11,14-15,25,27-30,32,34-37H,4-5,12-13,17H2,1-3H3/b26-18+/t25-,27-,28-,29-,30?/m1/s1. The molecule has 5 N–H and O–H groups in total. The average Bonchev–Trinajstić information content (AvgIpc) is 3.47. The number of hydrogen-bond acceptors (Lipinski definition) is 10. The molecule has 0 aliphatic carbocycles. The Morgan fingerprint density at radius 3 is 2.31 bits per heavy atom. The van der Waals surface area contributed by atoms with Gasteiger partial charge in [0, 0.05) is 29.9 Å². The number of ether oxygens (including phenoxy) is 1. The molecule has 0 saturated carbocycles. The molecule has 42 heavy (non-hydrogen) atoms. The van der Waals surface area contributed by atoms with Crippen LogP contribution in [0.25, 0.3) is 27.7 Å². The highest BCUT2D eigenvalue weighted by Crippen LogP contribution is 2.32. The lowest BCUT2D eigenvalue weighted by molar-refractivity contribution is -0.251. The van der Waals surface area contributed by atoms with E-state index in [-0.39, 0.29) is 11.3 Å². The van der Waals surface area contributed by atoms with Gasteiger partial charge in [0.15, 0.2) is 11.2 Å². The Hall–Kier alpha value is -3.28. The Morgan fingerprint density at radius 1 is 1.00 bits per heavy atom. The molecule has 1 saturated heterocycles. The lowest BCUT2D eigenvalue weighted by Gasteiger charge is -2.40. The fraction of sp³-hybridized carbons (Fsp3) is 0.433. The van der Waals surface area contributed by atoms with Crippen LogP contribution in [-0.4, -0.2) is 79.2 Å². The van der Waals surface area contributed by atoms with Crippen LogP contribution in [-0.2, 0) is 14.8 Å². The largest absolute Gasteiger partial charge is 0.456 e. The monoisotopic (exact) mass is 599 g/mol. The molecule has 2 heterocycles. The van der Waals surface area contributed by atoms with Crippen LogP contribution in [0.4, 0.5) is 5.69 Å². The summed E-state index contributed by atoms with van der Waals surface area (Å²) < 4.78 is 39.3. The zero-order chi connectivity index (χ0) is 30.6. The molecule has 2 aromatic carbocycles. The van der Waals surface area contributed by atoms with Gasteiger partial charge >= 0.3 is 0 Å². The van der Waals surface area contributed by atoms with Crippen molar-refractivity contribution in [3.8, 4) is 17.4 Å². The van der Waals surface area contributed by atoms with E-state index in [0.717, 1.165) is 42.3 Å². The predicted octanol–water partition coefficient (Wildman–Crippen LogP) is 2.70. The van der Waals surface area contributed by atoms with Crippen molar-refractivity contribution < 1.29 is 38.0 Å². The summed E-state index contributed by atoms with van der Waals surface area (Å²) in [5, 5.41) is 51.7. The van der Waals surface area contributed by atoms with E-state index in [2.05, 4.69) is 36.9 Å². The summed E-state index contributed by atoms with van der Waals surface area (Å²) in [5.74, 6) is 0.611. The van der Waals surface area contributed by atoms with Gasteiger partial charge in [0.05, 0.1) is 6.61 Å². The summed E-state index contributed by atoms with van der Waals surface area (Å²) in [7, 11) is -4.61. The Bertz CT molecular complexity index is 1570. The van der Waals surface area contributed by atoms with E-state index < -0.39 is 52.2 Å². The molecule has 1 aliphatic rings. The molecule has 1 fully saturated rings. The number of allylic oxidation sites excluding steroid dienone is 2. The minimum Gasteiger partial charge on any atom is -0.456 e. The molecule has 0 spiro atoms. The summed E-state index contributed by atoms with van der Waals surface area (Å²) in [6, 6.07) is 15.4. The number of aliphatic hydroxyl groups is 4. The second-order valence-corrected chi connectivity index (χ2v) is 12.0. The number of fused-ring (bicyclic) bond motifs is 1. The minimum atomic E-state index is -4.61. The van der Waals surface area contributed by atoms with Crippen LogP contribution in [0.3, 0.4) is 0 Å². The van der Waals surface area contributed by atoms with Gasteiger partial charge in [0.2, 0.25) is 0 Å². The third-order valence-electron chi connectivity index (χ3n) is 7.34. The number of nitrogens with one attached hydrogen (secondary N) is 1. The number of hydrogen-bond donors (Lipinski definition) is 5. The minimum absolute atomic E-state index is 0.00288. The van der Waals surface area contributed by atoms with Crippen molar-refractivity contribution in [2.45, 2.75) is 64.3 Å². The van der Waals surface area contributed by atoms with Crippen molar-refractivity contribution in [2.75, 3.05) is 24.6 Å². The van der Waals surface area contributed by atoms with Crippen LogP contribution < -0.4 is 9.62 Å². The third kappa shape index (κ3) is 6.53. The summed E-state index contributed by atoms with van der Waals surface area (Å²) in [6.07, 6.45) is -4.54. The number of anilines is 1. The number of nitriles is 1. The van der Waals surface area contributed by atoms with Crippen molar-refractivity contribution >= 4 is 32.1 Å². The quantitative estimate of drug-likeness (QED) is 0.206. The van der Waals surface area contributed by atoms with Gasteiger partial charge < -0.3 is 34.5 Å². The molecular weight excluding hydrogens is 562 g/mol. The van der Waals surface area contributed by atoms with Crippen molar-refractivity contribution in [3.05, 3.63) is 59.2 Å². The molecule has 11 nitrogen and oxygen atoms in total. The summed E-state index contributed by atoms with van der Waals surface area (Å²) in [5.41, 5.74) is 1.94. The van der Waals surface area contributed by atoms with E-state index in [4.69, 9.17) is 9.15 Å². The number of furan rings is 1. The first-order valence-electron chi connectivity index (χ1n) is 13.9. The van der Waals surface area contributed by atoms with Gasteiger partial charge in [0.1, 0.15) is 41.9 Å². The summed E-state index contributed by atoms with van der Waals surface area (Å²) >= 11 is 0. The smallest absolute Gasteiger partial charge is 0.251 e. The highest BCUT2D eigenvalue weighted by Gasteiger charge is 2.45. The molecule has 0 amide bonds. The molecule has 0 bridgehead atoms. The van der Waals surface area contributed by atoms with Crippen molar-refractivity contribution in [2.24, 2.45) is 0 Å². The zero-order valence-electron chi connectivity index (χ0n) is 23.8. The summed E-state index contributed by atoms with van der Waals surface area (Å²) in [6.45, 7) is 6.99. The van der Waals surface area contributed by atoms with Crippen LogP contribution in [0.2, 0.25) is 0 Å². The van der Waals surface area contributed by atoms with Crippen LogP contribution >= 0.6 is 0 Å². The fourth-order valence-electron chi connectivity index (χ4n) is 5.11. The van der Waals surface area contributed by atoms with E-state index in [9.17, 15) is 34.1 Å². The maximum absolute atomic E-state index is 13.1. The number of benzene rings is 2. The van der Waals surface area contributed by atoms with Gasteiger partial charge in [-0.05, 0) is 60.9 Å². The van der Waals surface area contributed by atoms with Crippen LogP contribution in [0.15, 0.2) is 57.9 Å². The Labute approximate surface area is 245 Å². The topological polar surface area (TPSA) is 176 Å². The van der Waals surface area contributed by atoms with E-state index in [0.29, 0.717) is 5.76 Å². The van der Waals surface area contributed by atoms with Crippen molar-refractivity contribution in [1.29, 1.82) is 5.26 Å². The average molecular weight is 600 g/mol. The fourth-order valence-corrected chi connectivity index (χ4v) is 6.46. The van der Waals surface area contributed by atoms with E-state index >= 15 is 0 Å². The molecule has 226 valence electrons. The second kappa shape index (κ2) is 13.4. The molecule has 1 aromatic heterocycles. The predicted molar refractivity (Wildman–Crippen MR) is 158 cm³/mol. The van der Waals surface area contributed by atoms with Gasteiger partial charge in [-0.15, -0.1) is 0 Å². The number of aliphatic hydroxyl groups excluding tert-OH is 4. The van der Waals surface area contributed by atoms with Crippen molar-refractivity contribution in [1.82, 2.24) is 4.72 Å². The molecule has 12 heteroatoms. The molecule has 0 radical (unpaired) electrons. The van der Waals surface area contributed by atoms with Gasteiger partial charge in [0.25, 0.3) is 10.0 Å². The van der Waals surface area contributed by atoms with Crippen LogP contribution in [0.5, 0.6) is 0 Å². The van der Waals surface area contributed by atoms with Crippen molar-refractivity contribution in [3.63, 3.8) is 0 Å². The van der Waals surface area contributed by atoms with Crippen LogP contribution in [0.1, 0.15) is 39.4 Å². The molecule has 5 atom stereocenters. The highest BCUT2D eigenvalue weighted by atomic mass is 32.2. The van der Waals surface area contributed by atoms with Gasteiger partial charge in [-0.1, -0.05) is 32.0 Å². The Balaban J connectivity index is 1.59. The van der Waals surface area contributed by atoms with Gasteiger partial charge in [-0.25, -0.2) is 8.42 Å². The lowest BCUT2D eigenvalue weighted by Crippen LogP contribution is -2.64. The molecule has 3 aromatic rings. The maximum atomic E-state index is 13.1. The Kier molecular flexibility index (Phi) is 10.1. The molecule has 1 unspecified atom stereocenters. The molecule has 4 rings (SSSR count).